The van der Waals surface area contributed by atoms with Gasteiger partial charge in [0.2, 0.25) is 0 Å². The molecule has 3 nitrogen and oxygen atoms in total. The van der Waals surface area contributed by atoms with Gasteiger partial charge in [0.15, 0.2) is 0 Å². The first kappa shape index (κ1) is 10.7. The third-order valence-corrected chi connectivity index (χ3v) is 3.72. The molecule has 1 fully saturated rings. The molecule has 0 radical (unpaired) electrons. The van der Waals surface area contributed by atoms with E-state index in [0.717, 1.165) is 18.1 Å². The van der Waals surface area contributed by atoms with E-state index in [9.17, 15) is 0 Å². The van der Waals surface area contributed by atoms with E-state index in [1.165, 1.54) is 31.4 Å². The first-order valence-electron chi connectivity index (χ1n) is 5.02. The van der Waals surface area contributed by atoms with E-state index in [-0.39, 0.29) is 0 Å². The Morgan fingerprint density at radius 1 is 1.38 bits per heavy atom. The minimum atomic E-state index is 0.661. The molecule has 0 aromatic rings. The van der Waals surface area contributed by atoms with Gasteiger partial charge in [-0.25, -0.2) is 0 Å². The predicted molar refractivity (Wildman–Crippen MR) is 57.9 cm³/mol. The number of hydrogen-bond acceptors (Lipinski definition) is 2. The standard InChI is InChI=1S/C9H17N3S/c10-12-11-6-3-7-13-8-9-4-1-2-5-9/h9H,1-8H2. The molecule has 0 heterocycles. The summed E-state index contributed by atoms with van der Waals surface area (Å²) in [5.41, 5.74) is 8.05. The van der Waals surface area contributed by atoms with Crippen molar-refractivity contribution in [3.63, 3.8) is 0 Å². The summed E-state index contributed by atoms with van der Waals surface area (Å²) in [4.78, 5) is 2.73. The molecule has 0 N–H and O–H groups in total. The summed E-state index contributed by atoms with van der Waals surface area (Å²) >= 11 is 2.02. The molecule has 0 aromatic carbocycles. The van der Waals surface area contributed by atoms with Gasteiger partial charge in [0.05, 0.1) is 0 Å². The van der Waals surface area contributed by atoms with E-state index < -0.39 is 0 Å². The summed E-state index contributed by atoms with van der Waals surface area (Å²) in [6.45, 7) is 0.661. The molecular formula is C9H17N3S. The normalized spacial score (nSPS) is 17.2. The molecule has 0 spiro atoms. The van der Waals surface area contributed by atoms with Gasteiger partial charge < -0.3 is 0 Å². The average molecular weight is 199 g/mol. The lowest BCUT2D eigenvalue weighted by Crippen LogP contribution is -1.97. The van der Waals surface area contributed by atoms with E-state index in [1.807, 2.05) is 11.8 Å². The Morgan fingerprint density at radius 2 is 2.15 bits per heavy atom. The van der Waals surface area contributed by atoms with E-state index in [0.29, 0.717) is 6.54 Å². The van der Waals surface area contributed by atoms with Crippen molar-refractivity contribution in [2.75, 3.05) is 18.1 Å². The summed E-state index contributed by atoms with van der Waals surface area (Å²) in [6, 6.07) is 0. The summed E-state index contributed by atoms with van der Waals surface area (Å²) in [7, 11) is 0. The molecule has 1 aliphatic carbocycles. The number of nitrogens with zero attached hydrogens (tertiary/aromatic N) is 3. The van der Waals surface area contributed by atoms with Crippen LogP contribution in [0.25, 0.3) is 10.4 Å². The smallest absolute Gasteiger partial charge is 0.0265 e. The minimum absolute atomic E-state index is 0.661. The largest absolute Gasteiger partial charge is 0.162 e. The summed E-state index contributed by atoms with van der Waals surface area (Å²) in [5.74, 6) is 3.44. The zero-order chi connectivity index (χ0) is 9.36. The molecule has 4 heteroatoms. The fourth-order valence-electron chi connectivity index (χ4n) is 1.71. The Kier molecular flexibility index (Phi) is 5.87. The Labute approximate surface area is 83.9 Å². The van der Waals surface area contributed by atoms with Crippen LogP contribution in [0.3, 0.4) is 0 Å². The highest BCUT2D eigenvalue weighted by Gasteiger charge is 2.13. The van der Waals surface area contributed by atoms with Gasteiger partial charge in [-0.3, -0.25) is 0 Å². The molecule has 0 aliphatic heterocycles. The van der Waals surface area contributed by atoms with Crippen molar-refractivity contribution < 1.29 is 0 Å². The molecule has 0 unspecified atom stereocenters. The molecular weight excluding hydrogens is 182 g/mol. The number of thioether (sulfide) groups is 1. The lowest BCUT2D eigenvalue weighted by atomic mass is 10.1. The maximum absolute atomic E-state index is 8.05. The number of rotatable bonds is 6. The third-order valence-electron chi connectivity index (χ3n) is 2.44. The van der Waals surface area contributed by atoms with Crippen molar-refractivity contribution in [3.8, 4) is 0 Å². The molecule has 1 aliphatic rings. The molecule has 0 aromatic heterocycles. The van der Waals surface area contributed by atoms with Gasteiger partial charge in [-0.05, 0) is 42.2 Å². The SMILES string of the molecule is [N-]=[N+]=NCCCSCC1CCCC1. The van der Waals surface area contributed by atoms with Crippen LogP contribution in [0, 0.1) is 5.92 Å². The van der Waals surface area contributed by atoms with Crippen molar-refractivity contribution in [2.24, 2.45) is 11.0 Å². The van der Waals surface area contributed by atoms with Gasteiger partial charge >= 0.3 is 0 Å². The highest BCUT2D eigenvalue weighted by molar-refractivity contribution is 7.99. The zero-order valence-corrected chi connectivity index (χ0v) is 8.80. The van der Waals surface area contributed by atoms with Crippen molar-refractivity contribution in [3.05, 3.63) is 10.4 Å². The van der Waals surface area contributed by atoms with Crippen LogP contribution in [0.4, 0.5) is 0 Å². The van der Waals surface area contributed by atoms with Gasteiger partial charge in [-0.2, -0.15) is 11.8 Å². The van der Waals surface area contributed by atoms with Crippen LogP contribution in [0.5, 0.6) is 0 Å². The summed E-state index contributed by atoms with van der Waals surface area (Å²) < 4.78 is 0. The van der Waals surface area contributed by atoms with Crippen LogP contribution in [0.1, 0.15) is 32.1 Å². The fourth-order valence-corrected chi connectivity index (χ4v) is 2.88. The minimum Gasteiger partial charge on any atom is -0.162 e. The second kappa shape index (κ2) is 7.10. The third kappa shape index (κ3) is 5.06. The molecule has 13 heavy (non-hydrogen) atoms. The Hall–Kier alpha value is -0.340. The van der Waals surface area contributed by atoms with Crippen LogP contribution in [0.2, 0.25) is 0 Å². The molecule has 0 atom stereocenters. The molecule has 0 bridgehead atoms. The number of hydrogen-bond donors (Lipinski definition) is 0. The number of azide groups is 1. The molecule has 0 saturated heterocycles. The molecule has 1 saturated carbocycles. The first-order chi connectivity index (χ1) is 6.43. The van der Waals surface area contributed by atoms with Gasteiger partial charge in [-0.1, -0.05) is 18.0 Å². The summed E-state index contributed by atoms with van der Waals surface area (Å²) in [5, 5.41) is 3.51. The van der Waals surface area contributed by atoms with Crippen LogP contribution in [-0.2, 0) is 0 Å². The van der Waals surface area contributed by atoms with Gasteiger partial charge in [-0.15, -0.1) is 0 Å². The van der Waals surface area contributed by atoms with Gasteiger partial charge in [0.1, 0.15) is 0 Å². The summed E-state index contributed by atoms with van der Waals surface area (Å²) in [6.07, 6.45) is 6.77. The van der Waals surface area contributed by atoms with Crippen molar-refractivity contribution >= 4 is 11.8 Å². The van der Waals surface area contributed by atoms with E-state index in [4.69, 9.17) is 5.53 Å². The highest BCUT2D eigenvalue weighted by atomic mass is 32.2. The van der Waals surface area contributed by atoms with Crippen LogP contribution in [-0.4, -0.2) is 18.1 Å². The topological polar surface area (TPSA) is 48.8 Å². The fraction of sp³-hybridized carbons (Fsp3) is 1.00. The first-order valence-corrected chi connectivity index (χ1v) is 6.17. The maximum Gasteiger partial charge on any atom is 0.0265 e. The van der Waals surface area contributed by atoms with Gasteiger partial charge in [0, 0.05) is 11.5 Å². The average Bonchev–Trinajstić information content (AvgIpc) is 2.63. The van der Waals surface area contributed by atoms with Crippen LogP contribution in [0.15, 0.2) is 5.11 Å². The lowest BCUT2D eigenvalue weighted by molar-refractivity contribution is 0.623. The monoisotopic (exact) mass is 199 g/mol. The Balaban J connectivity index is 1.85. The van der Waals surface area contributed by atoms with Crippen molar-refractivity contribution in [2.45, 2.75) is 32.1 Å². The predicted octanol–water partition coefficient (Wildman–Crippen LogP) is 3.61. The Morgan fingerprint density at radius 3 is 2.85 bits per heavy atom. The lowest BCUT2D eigenvalue weighted by Gasteiger charge is -2.06. The van der Waals surface area contributed by atoms with Crippen molar-refractivity contribution in [1.82, 2.24) is 0 Å². The van der Waals surface area contributed by atoms with Gasteiger partial charge in [0.25, 0.3) is 0 Å². The van der Waals surface area contributed by atoms with E-state index in [1.54, 1.807) is 0 Å². The van der Waals surface area contributed by atoms with E-state index >= 15 is 0 Å². The van der Waals surface area contributed by atoms with E-state index in [2.05, 4.69) is 10.0 Å². The Bertz CT molecular complexity index is 172. The van der Waals surface area contributed by atoms with Crippen molar-refractivity contribution in [1.29, 1.82) is 0 Å². The molecule has 74 valence electrons. The molecule has 1 rings (SSSR count). The highest BCUT2D eigenvalue weighted by Crippen LogP contribution is 2.27. The maximum atomic E-state index is 8.05. The van der Waals surface area contributed by atoms with Crippen LogP contribution < -0.4 is 0 Å². The second-order valence-electron chi connectivity index (χ2n) is 3.53. The zero-order valence-electron chi connectivity index (χ0n) is 7.98. The quantitative estimate of drug-likeness (QED) is 0.279. The molecule has 0 amide bonds. The van der Waals surface area contributed by atoms with Crippen LogP contribution >= 0.6 is 11.8 Å². The second-order valence-corrected chi connectivity index (χ2v) is 4.68.